The van der Waals surface area contributed by atoms with E-state index in [1.165, 1.54) is 51.5 Å². The molecule has 116 heavy (non-hydrogen) atoms. The largest absolute Gasteiger partial charge is 0.449 e. The number of thiophene rings is 2. The Labute approximate surface area is 674 Å². The highest BCUT2D eigenvalue weighted by Crippen LogP contribution is 2.38. The smallest absolute Gasteiger partial charge is 0.418 e. The van der Waals surface area contributed by atoms with Crippen LogP contribution in [0.4, 0.5) is 42.0 Å². The van der Waals surface area contributed by atoms with Gasteiger partial charge in [0.2, 0.25) is 5.91 Å². The van der Waals surface area contributed by atoms with Crippen LogP contribution < -0.4 is 37.6 Å². The van der Waals surface area contributed by atoms with Crippen LogP contribution in [0.25, 0.3) is 47.5 Å². The lowest BCUT2D eigenvalue weighted by atomic mass is 10.0. The lowest BCUT2D eigenvalue weighted by Crippen LogP contribution is -2.25. The fraction of sp³-hybridized carbons (Fsp3) is 0.222. The number of nitrogens with zero attached hydrogens (tertiary/aromatic N) is 3. The molecular weight excluding hydrogens is 1510 g/mol. The van der Waals surface area contributed by atoms with E-state index in [1.54, 1.807) is 135 Å². The quantitative estimate of drug-likeness (QED) is 0.0232. The van der Waals surface area contributed by atoms with E-state index in [0.29, 0.717) is 123 Å². The molecule has 7 amide bonds. The molecule has 16 rings (SSSR count). The maximum Gasteiger partial charge on any atom is 0.418 e. The number of hydrogen-bond donors (Lipinski definition) is 8. The summed E-state index contributed by atoms with van der Waals surface area (Å²) in [5, 5.41) is 26.0. The Balaban J connectivity index is 0.000000135. The molecule has 0 unspecified atom stereocenters. The number of H-pyrrole nitrogens is 1. The first-order valence-electron chi connectivity index (χ1n) is 37.9. The number of aromatic nitrogens is 3. The van der Waals surface area contributed by atoms with Crippen molar-refractivity contribution < 1.29 is 61.5 Å². The van der Waals surface area contributed by atoms with Gasteiger partial charge in [-0.2, -0.15) is 5.10 Å². The van der Waals surface area contributed by atoms with E-state index in [2.05, 4.69) is 46.9 Å². The lowest BCUT2D eigenvalue weighted by Gasteiger charge is -2.11. The Kier molecular flexibility index (Phi) is 24.9. The number of carbonyl (C=O) groups excluding carboxylic acids is 10. The third-order valence-electron chi connectivity index (χ3n) is 19.8. The van der Waals surface area contributed by atoms with Gasteiger partial charge in [0.15, 0.2) is 17.3 Å². The summed E-state index contributed by atoms with van der Waals surface area (Å²) in [6.45, 7) is 16.6. The molecule has 4 aromatic heterocycles. The molecule has 8 aromatic carbocycles. The monoisotopic (exact) mass is 1590 g/mol. The maximum atomic E-state index is 13.8. The zero-order valence-electron chi connectivity index (χ0n) is 64.0. The molecule has 0 radical (unpaired) electrons. The summed E-state index contributed by atoms with van der Waals surface area (Å²) >= 11 is 2.40. The number of hydrogen-bond acceptors (Lipinski definition) is 14. The first kappa shape index (κ1) is 80.7. The Morgan fingerprint density at radius 1 is 0.483 bits per heavy atom. The third-order valence-corrected chi connectivity index (χ3v) is 22.1. The molecule has 22 nitrogen and oxygen atoms in total. The van der Waals surface area contributed by atoms with Crippen LogP contribution in [0.2, 0.25) is 0 Å². The number of carbonyl (C=O) groups is 10. The van der Waals surface area contributed by atoms with Gasteiger partial charge in [-0.1, -0.05) is 48.5 Å². The number of aryl methyl sites for hydroxylation is 4. The summed E-state index contributed by atoms with van der Waals surface area (Å²) in [6.07, 6.45) is 12.5. The van der Waals surface area contributed by atoms with Crippen LogP contribution in [0.15, 0.2) is 188 Å². The molecule has 4 aliphatic carbocycles. The fourth-order valence-electron chi connectivity index (χ4n) is 12.4. The molecule has 0 atom stereocenters. The van der Waals surface area contributed by atoms with E-state index >= 15 is 0 Å². The minimum Gasteiger partial charge on any atom is -0.449 e. The Bertz CT molecular complexity index is 5940. The van der Waals surface area contributed by atoms with Crippen molar-refractivity contribution >= 4 is 132 Å². The van der Waals surface area contributed by atoms with Crippen LogP contribution in [0.5, 0.6) is 0 Å². The normalized spacial score (nSPS) is 13.2. The van der Waals surface area contributed by atoms with Crippen molar-refractivity contribution in [3.8, 4) is 20.9 Å². The Morgan fingerprint density at radius 3 is 1.38 bits per heavy atom. The van der Waals surface area contributed by atoms with Crippen LogP contribution in [-0.4, -0.2) is 92.5 Å². The summed E-state index contributed by atoms with van der Waals surface area (Å²) in [6, 6.07) is 48.9. The molecule has 4 aliphatic rings. The number of benzene rings is 8. The molecule has 26 heteroatoms. The van der Waals surface area contributed by atoms with E-state index in [-0.39, 0.29) is 70.9 Å². The number of aromatic amines is 1. The van der Waals surface area contributed by atoms with E-state index in [9.17, 15) is 56.7 Å². The van der Waals surface area contributed by atoms with E-state index in [1.807, 2.05) is 58.0 Å². The molecule has 4 saturated carbocycles. The van der Waals surface area contributed by atoms with Gasteiger partial charge in [-0.15, -0.1) is 22.7 Å². The zero-order chi connectivity index (χ0) is 82.0. The molecule has 12 aromatic rings. The van der Waals surface area contributed by atoms with E-state index in [4.69, 9.17) is 17.0 Å². The summed E-state index contributed by atoms with van der Waals surface area (Å²) < 4.78 is 34.0. The molecule has 0 saturated heterocycles. The molecule has 4 fully saturated rings. The highest BCUT2D eigenvalue weighted by atomic mass is 32.1. The maximum absolute atomic E-state index is 13.8. The second kappa shape index (κ2) is 35.8. The molecule has 588 valence electrons. The summed E-state index contributed by atoms with van der Waals surface area (Å²) in [5.41, 5.74) is 17.1. The van der Waals surface area contributed by atoms with Gasteiger partial charge in [0.25, 0.3) is 35.4 Å². The highest BCUT2D eigenvalue weighted by molar-refractivity contribution is 7.17. The van der Waals surface area contributed by atoms with Crippen molar-refractivity contribution in [2.45, 2.75) is 111 Å². The first-order chi connectivity index (χ1) is 55.8. The van der Waals surface area contributed by atoms with Crippen LogP contribution in [0.3, 0.4) is 0 Å². The number of ether oxygens (including phenoxy) is 1. The van der Waals surface area contributed by atoms with Crippen molar-refractivity contribution in [1.29, 1.82) is 0 Å². The van der Waals surface area contributed by atoms with Gasteiger partial charge in [0.05, 0.1) is 40.2 Å². The van der Waals surface area contributed by atoms with Gasteiger partial charge >= 0.3 is 6.09 Å². The molecule has 9 N–H and O–H groups in total. The predicted molar refractivity (Wildman–Crippen MR) is 446 cm³/mol. The van der Waals surface area contributed by atoms with Gasteiger partial charge in [-0.25, -0.2) is 18.4 Å². The second-order valence-electron chi connectivity index (χ2n) is 29.1. The van der Waals surface area contributed by atoms with Crippen molar-refractivity contribution in [1.82, 2.24) is 25.4 Å². The molecular formula is C90H81F2N11O11S2. The van der Waals surface area contributed by atoms with Crippen molar-refractivity contribution in [2.24, 2.45) is 17.6 Å². The highest BCUT2D eigenvalue weighted by Gasteiger charge is 2.29. The molecule has 4 heterocycles. The topological polar surface area (TPSA) is 316 Å². The predicted octanol–water partition coefficient (Wildman–Crippen LogP) is 19.0. The van der Waals surface area contributed by atoms with Gasteiger partial charge in [0, 0.05) is 113 Å². The number of anilines is 4. The number of halogens is 2. The first-order valence-corrected chi connectivity index (χ1v) is 39.5. The van der Waals surface area contributed by atoms with E-state index < -0.39 is 23.6 Å². The van der Waals surface area contributed by atoms with Crippen LogP contribution in [0.1, 0.15) is 185 Å². The van der Waals surface area contributed by atoms with Crippen LogP contribution in [0, 0.1) is 57.7 Å². The number of Topliss-reactive ketones (excluding diaryl/α,β-unsaturated/α-hetero) is 2. The average molecular weight is 1590 g/mol. The van der Waals surface area contributed by atoms with Crippen LogP contribution in [-0.2, 0) is 4.74 Å². The number of primary amides is 1. The SMILES string of the molecule is CCOC(=O)n1ccc2ccc(C(=O)Nc3cc(C(=O)NC4CC4)ccc3C)cc21.Cc1ccc(C(=O)CC2CC2)cc1NC(=O)c1ccc(-c2cc(F)cc(C(N)=O)c2)s1.Cc1ccc(C(=O)NC2CC2)cc1NC(=O)c1ccc2cn[nH]c2c1.[C-]#[N+]c1cc(F)cc(-c2ccc(C(=O)Nc3cc(C(=O)CC4CC4)ccc3C)s2)c1. The minimum absolute atomic E-state index is 0.0673. The Hall–Kier alpha value is -13.4. The van der Waals surface area contributed by atoms with Gasteiger partial charge in [-0.05, 0) is 259 Å². The minimum atomic E-state index is -0.720. The van der Waals surface area contributed by atoms with E-state index in [0.717, 1.165) is 96.0 Å². The molecule has 0 bridgehead atoms. The Morgan fingerprint density at radius 2 is 0.914 bits per heavy atom. The number of amides is 7. The number of rotatable bonds is 22. The number of fused-ring (bicyclic) bond motifs is 2. The average Bonchev–Trinajstić information content (AvgIpc) is 1.27. The van der Waals surface area contributed by atoms with Gasteiger partial charge in [-0.3, -0.25) is 52.8 Å². The second-order valence-corrected chi connectivity index (χ2v) is 31.3. The third kappa shape index (κ3) is 20.9. The number of ketones is 2. The standard InChI is InChI=1S/C24H21FN2O3S.C24H19FN2O2S.C23H23N3O4.C19H18N4O2/c1-13-2-5-15(20(28)8-14-3-4-14)12-19(13)27-24(30)22-7-6-21(31-22)16-9-17(23(26)29)11-18(25)10-16;1-14-3-6-16(21(28)9-15-4-5-15)12-20(14)27-24(29)23-8-7-22(30-23)17-10-18(25)13-19(11-17)26-2;1-3-30-23(29)26-11-10-15-6-7-17(13-20(15)26)22(28)25-19-12-16(5-4-14(19)2)21(27)24-18-8-9-18;1-11-2-3-12(18(24)21-15-6-7-15)8-16(11)22-19(25)13-4-5-14-10-20-23-17(14)9-13/h2,5-7,9-12,14H,3-4,8H2,1H3,(H2,26,29)(H,27,30);3,6-8,10-13,15H,4-5,9H2,1H3,(H,27,29);4-7,10-13,18H,3,8-9H2,1-2H3,(H,24,27)(H,25,28);2-5,8-10,15H,6-7H2,1H3,(H,20,23)(H,21,24)(H,22,25). The number of nitrogens with two attached hydrogens (primary N) is 1. The summed E-state index contributed by atoms with van der Waals surface area (Å²) in [7, 11) is 0. The van der Waals surface area contributed by atoms with Gasteiger partial charge in [0.1, 0.15) is 11.6 Å². The molecule has 0 spiro atoms. The van der Waals surface area contributed by atoms with Crippen LogP contribution >= 0.6 is 22.7 Å². The lowest BCUT2D eigenvalue weighted by molar-refractivity contribution is 0.0942. The number of nitrogens with one attached hydrogen (secondary N) is 7. The summed E-state index contributed by atoms with van der Waals surface area (Å²) in [4.78, 5) is 129. The van der Waals surface area contributed by atoms with Gasteiger partial charge < -0.3 is 42.4 Å². The fourth-order valence-corrected chi connectivity index (χ4v) is 14.2. The molecule has 0 aliphatic heterocycles. The zero-order valence-corrected chi connectivity index (χ0v) is 65.6. The van der Waals surface area contributed by atoms with Crippen molar-refractivity contribution in [3.63, 3.8) is 0 Å². The van der Waals surface area contributed by atoms with Crippen molar-refractivity contribution in [3.05, 3.63) is 282 Å². The summed E-state index contributed by atoms with van der Waals surface area (Å²) in [5.74, 6) is -1.98. The van der Waals surface area contributed by atoms with Crippen molar-refractivity contribution in [2.75, 3.05) is 27.9 Å².